The van der Waals surface area contributed by atoms with Gasteiger partial charge in [0.15, 0.2) is 0 Å². The zero-order valence-corrected chi connectivity index (χ0v) is 22.4. The van der Waals surface area contributed by atoms with Crippen molar-refractivity contribution in [1.82, 2.24) is 4.90 Å². The zero-order chi connectivity index (χ0) is 26.9. The van der Waals surface area contributed by atoms with E-state index in [2.05, 4.69) is 21.8 Å². The van der Waals surface area contributed by atoms with Gasteiger partial charge in [-0.2, -0.15) is 0 Å². The van der Waals surface area contributed by atoms with Crippen molar-refractivity contribution >= 4 is 36.4 Å². The lowest BCUT2D eigenvalue weighted by Crippen LogP contribution is -2.39. The van der Waals surface area contributed by atoms with Gasteiger partial charge >= 0.3 is 6.36 Å². The Bertz CT molecular complexity index is 1530. The molecule has 5 nitrogen and oxygen atoms in total. The Morgan fingerprint density at radius 2 is 1.66 bits per heavy atom. The van der Waals surface area contributed by atoms with Gasteiger partial charge in [-0.15, -0.1) is 24.5 Å². The molecule has 0 radical (unpaired) electrons. The fourth-order valence-electron chi connectivity index (χ4n) is 4.76. The summed E-state index contributed by atoms with van der Waals surface area (Å²) in [6, 6.07) is 21.3. The maximum Gasteiger partial charge on any atom is 0.573 e. The summed E-state index contributed by atoms with van der Waals surface area (Å²) in [5.41, 5.74) is 3.94. The number of fused-ring (bicyclic) bond motifs is 2. The summed E-state index contributed by atoms with van der Waals surface area (Å²) < 4.78 is 71.8. The molecule has 200 valence electrons. The number of nitrogens with zero attached hydrogens (tertiary/aromatic N) is 2. The van der Waals surface area contributed by atoms with Crippen LogP contribution >= 0.6 is 11.3 Å². The van der Waals surface area contributed by atoms with Crippen LogP contribution in [-0.2, 0) is 29.5 Å². The number of aryl methyl sites for hydroxylation is 1. The molecule has 0 N–H and O–H groups in total. The van der Waals surface area contributed by atoms with Gasteiger partial charge in [-0.05, 0) is 59.2 Å². The standard InChI is InChI=1S/C28H27F3N2O3S2/c1-20-25-8-4-5-9-26(25)37-27(20)33(18-21-10-12-24(13-11-21)36-28(29,30)31)38(34,35)17-16-32-15-14-22-6-2-3-7-23(22)19-32/h2-13H,14-19H2,1H3. The third-order valence-electron chi connectivity index (χ3n) is 6.74. The van der Waals surface area contributed by atoms with Gasteiger partial charge in [0.1, 0.15) is 10.8 Å². The molecule has 4 aromatic rings. The average molecular weight is 561 g/mol. The summed E-state index contributed by atoms with van der Waals surface area (Å²) >= 11 is 1.40. The highest BCUT2D eigenvalue weighted by atomic mass is 32.2. The van der Waals surface area contributed by atoms with Crippen molar-refractivity contribution in [3.05, 3.63) is 95.1 Å². The van der Waals surface area contributed by atoms with Crippen LogP contribution in [0.2, 0.25) is 0 Å². The van der Waals surface area contributed by atoms with Crippen molar-refractivity contribution < 1.29 is 26.3 Å². The van der Waals surface area contributed by atoms with E-state index in [0.717, 1.165) is 28.6 Å². The first-order valence-electron chi connectivity index (χ1n) is 12.2. The third kappa shape index (κ3) is 5.98. The highest BCUT2D eigenvalue weighted by Crippen LogP contribution is 2.39. The number of anilines is 1. The van der Waals surface area contributed by atoms with Crippen LogP contribution in [0.1, 0.15) is 22.3 Å². The second kappa shape index (κ2) is 10.6. The largest absolute Gasteiger partial charge is 0.573 e. The maximum absolute atomic E-state index is 13.8. The lowest BCUT2D eigenvalue weighted by atomic mass is 10.0. The predicted octanol–water partition coefficient (Wildman–Crippen LogP) is 6.50. The second-order valence-electron chi connectivity index (χ2n) is 9.34. The highest BCUT2D eigenvalue weighted by Gasteiger charge is 2.31. The van der Waals surface area contributed by atoms with E-state index in [4.69, 9.17) is 0 Å². The van der Waals surface area contributed by atoms with E-state index >= 15 is 0 Å². The minimum Gasteiger partial charge on any atom is -0.406 e. The topological polar surface area (TPSA) is 49.9 Å². The van der Waals surface area contributed by atoms with Gasteiger partial charge in [0.25, 0.3) is 0 Å². The number of ether oxygens (including phenoxy) is 1. The third-order valence-corrected chi connectivity index (χ3v) is 9.83. The Morgan fingerprint density at radius 3 is 2.37 bits per heavy atom. The van der Waals surface area contributed by atoms with E-state index < -0.39 is 16.4 Å². The van der Waals surface area contributed by atoms with Gasteiger partial charge in [-0.3, -0.25) is 9.21 Å². The quantitative estimate of drug-likeness (QED) is 0.247. The number of hydrogen-bond donors (Lipinski definition) is 0. The molecule has 0 spiro atoms. The second-order valence-corrected chi connectivity index (χ2v) is 12.4. The summed E-state index contributed by atoms with van der Waals surface area (Å²) in [5, 5.41) is 1.60. The van der Waals surface area contributed by atoms with Crippen LogP contribution in [0.4, 0.5) is 18.2 Å². The molecule has 2 heterocycles. The molecule has 1 aliphatic heterocycles. The number of alkyl halides is 3. The van der Waals surface area contributed by atoms with Crippen molar-refractivity contribution in [3.8, 4) is 5.75 Å². The fraction of sp³-hybridized carbons (Fsp3) is 0.286. The first kappa shape index (κ1) is 26.5. The lowest BCUT2D eigenvalue weighted by molar-refractivity contribution is -0.274. The van der Waals surface area contributed by atoms with Gasteiger partial charge in [-0.1, -0.05) is 54.6 Å². The molecular weight excluding hydrogens is 533 g/mol. The van der Waals surface area contributed by atoms with E-state index in [1.807, 2.05) is 43.3 Å². The summed E-state index contributed by atoms with van der Waals surface area (Å²) in [5.74, 6) is -0.419. The number of halogens is 3. The van der Waals surface area contributed by atoms with Crippen LogP contribution in [0.15, 0.2) is 72.8 Å². The summed E-state index contributed by atoms with van der Waals surface area (Å²) in [7, 11) is -3.77. The first-order valence-corrected chi connectivity index (χ1v) is 14.6. The molecule has 0 fully saturated rings. The molecule has 1 aromatic heterocycles. The molecule has 38 heavy (non-hydrogen) atoms. The number of rotatable bonds is 8. The smallest absolute Gasteiger partial charge is 0.406 e. The Balaban J connectivity index is 1.40. The first-order chi connectivity index (χ1) is 18.1. The van der Waals surface area contributed by atoms with E-state index in [-0.39, 0.29) is 18.0 Å². The van der Waals surface area contributed by atoms with Gasteiger partial charge in [0.2, 0.25) is 10.0 Å². The molecule has 0 unspecified atom stereocenters. The minimum atomic E-state index is -4.79. The Hall–Kier alpha value is -3.08. The van der Waals surface area contributed by atoms with Crippen molar-refractivity contribution in [2.75, 3.05) is 23.1 Å². The molecule has 0 bridgehead atoms. The summed E-state index contributed by atoms with van der Waals surface area (Å²) in [6.45, 7) is 3.78. The molecule has 1 aliphatic rings. The number of sulfonamides is 1. The Labute approximate surface area is 224 Å². The van der Waals surface area contributed by atoms with Crippen molar-refractivity contribution in [1.29, 1.82) is 0 Å². The van der Waals surface area contributed by atoms with Crippen LogP contribution in [0.3, 0.4) is 0 Å². The number of hydrogen-bond acceptors (Lipinski definition) is 5. The molecule has 3 aromatic carbocycles. The SMILES string of the molecule is Cc1c(N(Cc2ccc(OC(F)(F)F)cc2)S(=O)(=O)CCN2CCc3ccccc3C2)sc2ccccc12. The normalized spacial score (nSPS) is 14.4. The average Bonchev–Trinajstić information content (AvgIpc) is 3.22. The zero-order valence-electron chi connectivity index (χ0n) is 20.7. The number of thiophene rings is 1. The van der Waals surface area contributed by atoms with Crippen molar-refractivity contribution in [3.63, 3.8) is 0 Å². The molecular formula is C28H27F3N2O3S2. The fourth-order valence-corrected chi connectivity index (χ4v) is 7.77. The molecule has 10 heteroatoms. The van der Waals surface area contributed by atoms with E-state index in [1.165, 1.54) is 51.0 Å². The molecule has 0 amide bonds. The van der Waals surface area contributed by atoms with Crippen LogP contribution < -0.4 is 9.04 Å². The minimum absolute atomic E-state index is 0.00509. The monoisotopic (exact) mass is 560 g/mol. The molecule has 0 saturated heterocycles. The van der Waals surface area contributed by atoms with E-state index in [0.29, 0.717) is 23.7 Å². The van der Waals surface area contributed by atoms with Gasteiger partial charge < -0.3 is 4.74 Å². The number of benzene rings is 3. The van der Waals surface area contributed by atoms with E-state index in [1.54, 1.807) is 0 Å². The molecule has 0 atom stereocenters. The van der Waals surface area contributed by atoms with Crippen LogP contribution in [0.25, 0.3) is 10.1 Å². The van der Waals surface area contributed by atoms with Crippen molar-refractivity contribution in [2.45, 2.75) is 32.8 Å². The summed E-state index contributed by atoms with van der Waals surface area (Å²) in [4.78, 5) is 2.15. The lowest BCUT2D eigenvalue weighted by Gasteiger charge is -2.30. The molecule has 0 saturated carbocycles. The summed E-state index contributed by atoms with van der Waals surface area (Å²) in [6.07, 6.45) is -3.91. The van der Waals surface area contributed by atoms with E-state index in [9.17, 15) is 21.6 Å². The van der Waals surface area contributed by atoms with Crippen LogP contribution in [0, 0.1) is 6.92 Å². The van der Waals surface area contributed by atoms with Crippen LogP contribution in [0.5, 0.6) is 5.75 Å². The predicted molar refractivity (Wildman–Crippen MR) is 145 cm³/mol. The molecule has 0 aliphatic carbocycles. The maximum atomic E-state index is 13.8. The van der Waals surface area contributed by atoms with Crippen molar-refractivity contribution in [2.24, 2.45) is 0 Å². The Morgan fingerprint density at radius 1 is 0.974 bits per heavy atom. The highest BCUT2D eigenvalue weighted by molar-refractivity contribution is 7.93. The Kier molecular flexibility index (Phi) is 7.39. The van der Waals surface area contributed by atoms with Crippen LogP contribution in [-0.4, -0.2) is 38.5 Å². The van der Waals surface area contributed by atoms with Gasteiger partial charge in [0.05, 0.1) is 12.3 Å². The van der Waals surface area contributed by atoms with Gasteiger partial charge in [-0.25, -0.2) is 8.42 Å². The van der Waals surface area contributed by atoms with Gasteiger partial charge in [0, 0.05) is 24.3 Å². The molecule has 5 rings (SSSR count).